The number of aromatic nitrogens is 4. The Morgan fingerprint density at radius 3 is 2.61 bits per heavy atom. The molecule has 5 nitrogen and oxygen atoms in total. The van der Waals surface area contributed by atoms with Gasteiger partial charge in [-0.05, 0) is 30.7 Å². The second-order valence-corrected chi connectivity index (χ2v) is 7.21. The molecule has 142 valence electrons. The average Bonchev–Trinajstić information content (AvgIpc) is 3.09. The first-order valence-electron chi connectivity index (χ1n) is 9.46. The second kappa shape index (κ2) is 7.98. The highest BCUT2D eigenvalue weighted by atomic mass is 35.5. The fraction of sp³-hybridized carbons (Fsp3) is 0.227. The molecule has 0 bridgehead atoms. The quantitative estimate of drug-likeness (QED) is 0.430. The van der Waals surface area contributed by atoms with Gasteiger partial charge in [-0.3, -0.25) is 14.2 Å². The summed E-state index contributed by atoms with van der Waals surface area (Å²) >= 11 is 6.00. The zero-order chi connectivity index (χ0) is 19.5. The van der Waals surface area contributed by atoms with Crippen LogP contribution < -0.4 is 5.56 Å². The van der Waals surface area contributed by atoms with Crippen LogP contribution in [0.4, 0.5) is 0 Å². The van der Waals surface area contributed by atoms with Gasteiger partial charge in [-0.15, -0.1) is 0 Å². The molecule has 0 amide bonds. The van der Waals surface area contributed by atoms with Crippen molar-refractivity contribution in [1.82, 2.24) is 18.9 Å². The zero-order valence-corrected chi connectivity index (χ0v) is 16.4. The van der Waals surface area contributed by atoms with E-state index in [2.05, 4.69) is 16.5 Å². The van der Waals surface area contributed by atoms with Gasteiger partial charge in [0, 0.05) is 47.4 Å². The lowest BCUT2D eigenvalue weighted by Crippen LogP contribution is -2.14. The number of hydrogen-bond acceptors (Lipinski definition) is 3. The number of benzene rings is 1. The van der Waals surface area contributed by atoms with Crippen LogP contribution in [0.15, 0.2) is 65.8 Å². The van der Waals surface area contributed by atoms with Crippen LogP contribution in [-0.4, -0.2) is 18.9 Å². The largest absolute Gasteiger partial charge is 0.309 e. The summed E-state index contributed by atoms with van der Waals surface area (Å²) in [5.74, 6) is 0.646. The van der Waals surface area contributed by atoms with Crippen molar-refractivity contribution in [3.05, 3.63) is 76.4 Å². The normalized spacial score (nSPS) is 11.2. The molecular formula is C22H21ClN4O. The molecule has 6 heteroatoms. The highest BCUT2D eigenvalue weighted by Crippen LogP contribution is 2.24. The van der Waals surface area contributed by atoms with E-state index in [1.165, 1.54) is 0 Å². The maximum absolute atomic E-state index is 12.8. The van der Waals surface area contributed by atoms with E-state index in [4.69, 9.17) is 16.6 Å². The van der Waals surface area contributed by atoms with Crippen molar-refractivity contribution in [2.45, 2.75) is 32.7 Å². The minimum absolute atomic E-state index is 0.102. The van der Waals surface area contributed by atoms with Gasteiger partial charge in [0.2, 0.25) is 5.78 Å². The van der Waals surface area contributed by atoms with Crippen LogP contribution in [0.3, 0.4) is 0 Å². The van der Waals surface area contributed by atoms with Crippen LogP contribution in [0.2, 0.25) is 5.02 Å². The third-order valence-corrected chi connectivity index (χ3v) is 5.05. The average molecular weight is 393 g/mol. The highest BCUT2D eigenvalue weighted by molar-refractivity contribution is 6.30. The van der Waals surface area contributed by atoms with E-state index in [1.54, 1.807) is 16.7 Å². The number of nitrogens with zero attached hydrogens (tertiary/aromatic N) is 4. The molecule has 0 saturated heterocycles. The molecule has 0 spiro atoms. The van der Waals surface area contributed by atoms with Crippen molar-refractivity contribution < 1.29 is 0 Å². The Hall–Kier alpha value is -2.92. The van der Waals surface area contributed by atoms with Crippen molar-refractivity contribution in [2.24, 2.45) is 0 Å². The fourth-order valence-electron chi connectivity index (χ4n) is 3.34. The minimum atomic E-state index is -0.102. The molecule has 0 N–H and O–H groups in total. The molecule has 0 aliphatic rings. The summed E-state index contributed by atoms with van der Waals surface area (Å²) in [6.45, 7) is 2.97. The SMILES string of the molecule is CCCCCn1c(-c2cccnc2)cn2c(=O)cc(-c3ccc(Cl)cc3)nc12. The summed E-state index contributed by atoms with van der Waals surface area (Å²) < 4.78 is 3.74. The molecule has 0 saturated carbocycles. The minimum Gasteiger partial charge on any atom is -0.309 e. The molecule has 28 heavy (non-hydrogen) atoms. The summed E-state index contributed by atoms with van der Waals surface area (Å²) in [5, 5.41) is 0.656. The van der Waals surface area contributed by atoms with Crippen LogP contribution in [-0.2, 0) is 6.54 Å². The monoisotopic (exact) mass is 392 g/mol. The molecule has 0 atom stereocenters. The summed E-state index contributed by atoms with van der Waals surface area (Å²) in [6.07, 6.45) is 8.70. The van der Waals surface area contributed by atoms with Crippen LogP contribution in [0.25, 0.3) is 28.3 Å². The van der Waals surface area contributed by atoms with Crippen LogP contribution in [0, 0.1) is 0 Å². The van der Waals surface area contributed by atoms with Crippen LogP contribution >= 0.6 is 11.6 Å². The summed E-state index contributed by atoms with van der Waals surface area (Å²) in [7, 11) is 0. The highest BCUT2D eigenvalue weighted by Gasteiger charge is 2.15. The molecule has 0 unspecified atom stereocenters. The predicted octanol–water partition coefficient (Wildman–Crippen LogP) is 5.07. The maximum atomic E-state index is 12.8. The lowest BCUT2D eigenvalue weighted by molar-refractivity contribution is 0.613. The Kier molecular flexibility index (Phi) is 5.26. The number of rotatable bonds is 6. The van der Waals surface area contributed by atoms with Gasteiger partial charge in [-0.1, -0.05) is 43.5 Å². The Labute approximate surface area is 168 Å². The van der Waals surface area contributed by atoms with E-state index >= 15 is 0 Å². The lowest BCUT2D eigenvalue weighted by Gasteiger charge is -2.09. The number of hydrogen-bond donors (Lipinski definition) is 0. The number of fused-ring (bicyclic) bond motifs is 1. The molecule has 1 aromatic carbocycles. The van der Waals surface area contributed by atoms with Gasteiger partial charge >= 0.3 is 0 Å². The summed E-state index contributed by atoms with van der Waals surface area (Å²) in [6, 6.07) is 12.9. The smallest absolute Gasteiger partial charge is 0.259 e. The Morgan fingerprint density at radius 1 is 1.07 bits per heavy atom. The van der Waals surface area contributed by atoms with Crippen molar-refractivity contribution >= 4 is 17.4 Å². The predicted molar refractivity (Wildman–Crippen MR) is 113 cm³/mol. The zero-order valence-electron chi connectivity index (χ0n) is 15.7. The number of imidazole rings is 1. The van der Waals surface area contributed by atoms with E-state index in [-0.39, 0.29) is 5.56 Å². The molecule has 4 aromatic rings. The van der Waals surface area contributed by atoms with Crippen LogP contribution in [0.5, 0.6) is 0 Å². The van der Waals surface area contributed by atoms with Gasteiger partial charge in [0.1, 0.15) is 0 Å². The van der Waals surface area contributed by atoms with E-state index in [1.807, 2.05) is 48.8 Å². The van der Waals surface area contributed by atoms with Crippen molar-refractivity contribution in [3.63, 3.8) is 0 Å². The van der Waals surface area contributed by atoms with E-state index in [0.717, 1.165) is 42.6 Å². The standard InChI is InChI=1S/C22H21ClN4O/c1-2-3-4-12-26-20(17-6-5-11-24-14-17)15-27-21(28)13-19(25-22(26)27)16-7-9-18(23)10-8-16/h5-11,13-15H,2-4,12H2,1H3. The number of halogens is 1. The lowest BCUT2D eigenvalue weighted by atomic mass is 10.1. The van der Waals surface area contributed by atoms with Gasteiger partial charge < -0.3 is 4.57 Å². The Balaban J connectivity index is 1.90. The van der Waals surface area contributed by atoms with E-state index in [0.29, 0.717) is 16.5 Å². The van der Waals surface area contributed by atoms with E-state index in [9.17, 15) is 4.79 Å². The first-order chi connectivity index (χ1) is 13.7. The summed E-state index contributed by atoms with van der Waals surface area (Å²) in [4.78, 5) is 21.9. The number of aryl methyl sites for hydroxylation is 1. The van der Waals surface area contributed by atoms with E-state index < -0.39 is 0 Å². The molecule has 4 rings (SSSR count). The molecule has 0 radical (unpaired) electrons. The van der Waals surface area contributed by atoms with Crippen molar-refractivity contribution in [2.75, 3.05) is 0 Å². The molecular weight excluding hydrogens is 372 g/mol. The first kappa shape index (κ1) is 18.4. The molecule has 3 heterocycles. The summed E-state index contributed by atoms with van der Waals surface area (Å²) in [5.41, 5.74) is 3.33. The van der Waals surface area contributed by atoms with Crippen molar-refractivity contribution in [3.8, 4) is 22.5 Å². The van der Waals surface area contributed by atoms with Crippen molar-refractivity contribution in [1.29, 1.82) is 0 Å². The first-order valence-corrected chi connectivity index (χ1v) is 9.84. The Bertz CT molecular complexity index is 1150. The number of unbranched alkanes of at least 4 members (excludes halogenated alkanes) is 2. The van der Waals surface area contributed by atoms with Gasteiger partial charge in [0.05, 0.1) is 11.4 Å². The van der Waals surface area contributed by atoms with Gasteiger partial charge in [-0.25, -0.2) is 4.98 Å². The topological polar surface area (TPSA) is 52.2 Å². The third kappa shape index (κ3) is 3.58. The van der Waals surface area contributed by atoms with Crippen LogP contribution in [0.1, 0.15) is 26.2 Å². The van der Waals surface area contributed by atoms with Gasteiger partial charge in [0.15, 0.2) is 0 Å². The molecule has 0 aliphatic carbocycles. The Morgan fingerprint density at radius 2 is 1.89 bits per heavy atom. The van der Waals surface area contributed by atoms with Gasteiger partial charge in [0.25, 0.3) is 5.56 Å². The van der Waals surface area contributed by atoms with Gasteiger partial charge in [-0.2, -0.15) is 0 Å². The number of pyridine rings is 1. The maximum Gasteiger partial charge on any atom is 0.259 e. The molecule has 3 aromatic heterocycles. The third-order valence-electron chi connectivity index (χ3n) is 4.80. The molecule has 0 fully saturated rings. The fourth-order valence-corrected chi connectivity index (χ4v) is 3.47. The second-order valence-electron chi connectivity index (χ2n) is 6.77. The molecule has 0 aliphatic heterocycles.